The number of esters is 1. The van der Waals surface area contributed by atoms with Crippen LogP contribution in [-0.2, 0) is 20.7 Å². The molecule has 6 heteroatoms. The Labute approximate surface area is 121 Å². The number of nitrogens with zero attached hydrogens (tertiary/aromatic N) is 1. The van der Waals surface area contributed by atoms with Gasteiger partial charge in [-0.05, 0) is 37.1 Å². The Bertz CT molecular complexity index is 513. The third kappa shape index (κ3) is 3.81. The van der Waals surface area contributed by atoms with Gasteiger partial charge in [-0.15, -0.1) is 11.3 Å². The SMILES string of the molecule is N#CC1(NC(=O)COC(=O)Cc2cccs2)CCCC1. The summed E-state index contributed by atoms with van der Waals surface area (Å²) in [7, 11) is 0. The molecule has 0 bridgehead atoms. The maximum Gasteiger partial charge on any atom is 0.311 e. The van der Waals surface area contributed by atoms with Crippen molar-refractivity contribution in [3.05, 3.63) is 22.4 Å². The molecular formula is C14H16N2O3S. The number of nitrogens with one attached hydrogen (secondary N) is 1. The lowest BCUT2D eigenvalue weighted by Gasteiger charge is -2.21. The number of thiophene rings is 1. The summed E-state index contributed by atoms with van der Waals surface area (Å²) in [4.78, 5) is 24.2. The summed E-state index contributed by atoms with van der Waals surface area (Å²) in [5, 5.41) is 13.7. The van der Waals surface area contributed by atoms with E-state index < -0.39 is 17.4 Å². The number of hydrogen-bond donors (Lipinski definition) is 1. The third-order valence-corrected chi connectivity index (χ3v) is 4.19. The molecule has 0 aliphatic heterocycles. The van der Waals surface area contributed by atoms with Crippen molar-refractivity contribution < 1.29 is 14.3 Å². The Balaban J connectivity index is 1.75. The van der Waals surface area contributed by atoms with Gasteiger partial charge in [0.05, 0.1) is 12.5 Å². The van der Waals surface area contributed by atoms with Gasteiger partial charge in [-0.1, -0.05) is 6.07 Å². The lowest BCUT2D eigenvalue weighted by atomic mass is 10.00. The Morgan fingerprint density at radius 1 is 1.45 bits per heavy atom. The van der Waals surface area contributed by atoms with Crippen LogP contribution in [0.4, 0.5) is 0 Å². The van der Waals surface area contributed by atoms with Crippen LogP contribution < -0.4 is 5.32 Å². The molecule has 0 atom stereocenters. The quantitative estimate of drug-likeness (QED) is 0.839. The van der Waals surface area contributed by atoms with Crippen LogP contribution in [0.5, 0.6) is 0 Å². The average Bonchev–Trinajstić information content (AvgIpc) is 3.09. The second-order valence-electron chi connectivity index (χ2n) is 4.87. The lowest BCUT2D eigenvalue weighted by molar-refractivity contribution is -0.148. The number of amides is 1. The molecule has 0 saturated heterocycles. The van der Waals surface area contributed by atoms with Crippen molar-refractivity contribution >= 4 is 23.2 Å². The molecule has 0 unspecified atom stereocenters. The summed E-state index contributed by atoms with van der Waals surface area (Å²) in [6, 6.07) is 5.86. The molecule has 1 aromatic rings. The zero-order valence-electron chi connectivity index (χ0n) is 11.1. The van der Waals surface area contributed by atoms with Crippen molar-refractivity contribution in [2.24, 2.45) is 0 Å². The van der Waals surface area contributed by atoms with E-state index in [9.17, 15) is 9.59 Å². The van der Waals surface area contributed by atoms with E-state index in [1.165, 1.54) is 11.3 Å². The fraction of sp³-hybridized carbons (Fsp3) is 0.500. The smallest absolute Gasteiger partial charge is 0.311 e. The highest BCUT2D eigenvalue weighted by Crippen LogP contribution is 2.28. The van der Waals surface area contributed by atoms with Crippen molar-refractivity contribution in [3.8, 4) is 6.07 Å². The highest BCUT2D eigenvalue weighted by atomic mass is 32.1. The molecule has 0 spiro atoms. The predicted octanol–water partition coefficient (Wildman–Crippen LogP) is 1.79. The highest BCUT2D eigenvalue weighted by molar-refractivity contribution is 7.10. The van der Waals surface area contributed by atoms with Crippen LogP contribution >= 0.6 is 11.3 Å². The van der Waals surface area contributed by atoms with Crippen molar-refractivity contribution in [3.63, 3.8) is 0 Å². The maximum absolute atomic E-state index is 11.7. The molecule has 1 aliphatic rings. The van der Waals surface area contributed by atoms with Crippen LogP contribution in [0, 0.1) is 11.3 Å². The number of hydrogen-bond acceptors (Lipinski definition) is 5. The van der Waals surface area contributed by atoms with Crippen molar-refractivity contribution in [2.45, 2.75) is 37.6 Å². The minimum atomic E-state index is -0.767. The Hall–Kier alpha value is -1.87. The second kappa shape index (κ2) is 6.53. The minimum absolute atomic E-state index is 0.175. The van der Waals surface area contributed by atoms with Gasteiger partial charge >= 0.3 is 5.97 Å². The summed E-state index contributed by atoms with van der Waals surface area (Å²) in [6.07, 6.45) is 3.38. The molecule has 20 heavy (non-hydrogen) atoms. The van der Waals surface area contributed by atoms with Gasteiger partial charge in [0, 0.05) is 4.88 Å². The minimum Gasteiger partial charge on any atom is -0.455 e. The maximum atomic E-state index is 11.7. The van der Waals surface area contributed by atoms with E-state index in [-0.39, 0.29) is 13.0 Å². The Morgan fingerprint density at radius 3 is 2.80 bits per heavy atom. The first kappa shape index (κ1) is 14.5. The first-order chi connectivity index (χ1) is 9.63. The molecule has 1 heterocycles. The van der Waals surface area contributed by atoms with Gasteiger partial charge in [0.25, 0.3) is 5.91 Å². The normalized spacial score (nSPS) is 16.4. The number of rotatable bonds is 5. The summed E-state index contributed by atoms with van der Waals surface area (Å²) >= 11 is 1.47. The molecule has 1 fully saturated rings. The van der Waals surface area contributed by atoms with E-state index in [0.717, 1.165) is 17.7 Å². The first-order valence-corrected chi connectivity index (χ1v) is 7.42. The molecule has 1 N–H and O–H groups in total. The summed E-state index contributed by atoms with van der Waals surface area (Å²) < 4.78 is 4.92. The first-order valence-electron chi connectivity index (χ1n) is 6.54. The molecule has 1 amide bonds. The topological polar surface area (TPSA) is 79.2 Å². The van der Waals surface area contributed by atoms with Crippen LogP contribution in [0.15, 0.2) is 17.5 Å². The molecule has 5 nitrogen and oxygen atoms in total. The van der Waals surface area contributed by atoms with Gasteiger partial charge in [0.15, 0.2) is 6.61 Å². The highest BCUT2D eigenvalue weighted by Gasteiger charge is 2.35. The van der Waals surface area contributed by atoms with E-state index in [0.29, 0.717) is 12.8 Å². The second-order valence-corrected chi connectivity index (χ2v) is 5.90. The third-order valence-electron chi connectivity index (χ3n) is 3.31. The van der Waals surface area contributed by atoms with Crippen molar-refractivity contribution in [1.29, 1.82) is 5.26 Å². The summed E-state index contributed by atoms with van der Waals surface area (Å²) in [6.45, 7) is -0.326. The van der Waals surface area contributed by atoms with E-state index >= 15 is 0 Å². The fourth-order valence-electron chi connectivity index (χ4n) is 2.30. The number of carbonyl (C=O) groups excluding carboxylic acids is 2. The fourth-order valence-corrected chi connectivity index (χ4v) is 2.99. The van der Waals surface area contributed by atoms with Crippen LogP contribution in [0.3, 0.4) is 0 Å². The number of ether oxygens (including phenoxy) is 1. The number of nitriles is 1. The lowest BCUT2D eigenvalue weighted by Crippen LogP contribution is -2.46. The molecule has 1 aliphatic carbocycles. The Kier molecular flexibility index (Phi) is 4.74. The van der Waals surface area contributed by atoms with Gasteiger partial charge in [-0.3, -0.25) is 9.59 Å². The molecule has 0 aromatic carbocycles. The molecule has 1 aromatic heterocycles. The summed E-state index contributed by atoms with van der Waals surface area (Å²) in [5.74, 6) is -0.840. The van der Waals surface area contributed by atoms with E-state index in [4.69, 9.17) is 10.00 Å². The van der Waals surface area contributed by atoms with Gasteiger partial charge in [0.1, 0.15) is 5.54 Å². The van der Waals surface area contributed by atoms with Crippen LogP contribution in [0.1, 0.15) is 30.6 Å². The zero-order valence-corrected chi connectivity index (χ0v) is 11.9. The molecular weight excluding hydrogens is 276 g/mol. The van der Waals surface area contributed by atoms with Crippen molar-refractivity contribution in [1.82, 2.24) is 5.32 Å². The summed E-state index contributed by atoms with van der Waals surface area (Å²) in [5.41, 5.74) is -0.767. The standard InChI is InChI=1S/C14H16N2O3S/c15-10-14(5-1-2-6-14)16-12(17)9-19-13(18)8-11-4-3-7-20-11/h3-4,7H,1-2,5-6,8-9H2,(H,16,17). The molecule has 1 saturated carbocycles. The predicted molar refractivity (Wildman–Crippen MR) is 73.9 cm³/mol. The van der Waals surface area contributed by atoms with Gasteiger partial charge in [0.2, 0.25) is 0 Å². The monoisotopic (exact) mass is 292 g/mol. The largest absolute Gasteiger partial charge is 0.455 e. The Morgan fingerprint density at radius 2 is 2.20 bits per heavy atom. The van der Waals surface area contributed by atoms with Crippen molar-refractivity contribution in [2.75, 3.05) is 6.61 Å². The van der Waals surface area contributed by atoms with Gasteiger partial charge < -0.3 is 10.1 Å². The van der Waals surface area contributed by atoms with E-state index in [2.05, 4.69) is 11.4 Å². The van der Waals surface area contributed by atoms with Crippen LogP contribution in [0.25, 0.3) is 0 Å². The molecule has 106 valence electrons. The average molecular weight is 292 g/mol. The van der Waals surface area contributed by atoms with Gasteiger partial charge in [-0.25, -0.2) is 0 Å². The van der Waals surface area contributed by atoms with E-state index in [1.54, 1.807) is 0 Å². The van der Waals surface area contributed by atoms with Crippen LogP contribution in [0.2, 0.25) is 0 Å². The van der Waals surface area contributed by atoms with E-state index in [1.807, 2.05) is 17.5 Å². The van der Waals surface area contributed by atoms with Gasteiger partial charge in [-0.2, -0.15) is 5.26 Å². The zero-order chi connectivity index (χ0) is 14.4. The van der Waals surface area contributed by atoms with Crippen LogP contribution in [-0.4, -0.2) is 24.0 Å². The molecule has 0 radical (unpaired) electrons. The number of carbonyl (C=O) groups is 2. The molecule has 2 rings (SSSR count).